The Labute approximate surface area is 115 Å². The molecule has 3 rings (SSSR count). The van der Waals surface area contributed by atoms with Gasteiger partial charge in [-0.2, -0.15) is 0 Å². The Morgan fingerprint density at radius 3 is 2.65 bits per heavy atom. The van der Waals surface area contributed by atoms with Gasteiger partial charge in [-0.1, -0.05) is 36.4 Å². The maximum absolute atomic E-state index is 12.2. The topological polar surface area (TPSA) is 62.5 Å². The van der Waals surface area contributed by atoms with Gasteiger partial charge in [0.25, 0.3) is 5.91 Å². The molecule has 100 valence electrons. The van der Waals surface area contributed by atoms with Gasteiger partial charge in [-0.25, -0.2) is 0 Å². The van der Waals surface area contributed by atoms with E-state index >= 15 is 0 Å². The Hall–Kier alpha value is -2.59. The van der Waals surface area contributed by atoms with Gasteiger partial charge in [0.2, 0.25) is 0 Å². The van der Waals surface area contributed by atoms with Crippen molar-refractivity contribution in [1.82, 2.24) is 0 Å². The minimum atomic E-state index is -0.331. The lowest BCUT2D eigenvalue weighted by molar-refractivity contribution is 0.0998. The van der Waals surface area contributed by atoms with E-state index in [0.717, 1.165) is 5.39 Å². The molecule has 0 saturated heterocycles. The van der Waals surface area contributed by atoms with Gasteiger partial charge in [0.15, 0.2) is 5.76 Å². The van der Waals surface area contributed by atoms with E-state index in [1.165, 1.54) is 0 Å². The van der Waals surface area contributed by atoms with Gasteiger partial charge in [-0.05, 0) is 18.2 Å². The minimum Gasteiger partial charge on any atom is -0.451 e. The number of fused-ring (bicyclic) bond motifs is 1. The lowest BCUT2D eigenvalue weighted by Crippen LogP contribution is -2.12. The van der Waals surface area contributed by atoms with E-state index in [0.29, 0.717) is 16.8 Å². The van der Waals surface area contributed by atoms with Crippen LogP contribution < -0.4 is 5.32 Å². The van der Waals surface area contributed by atoms with Crippen LogP contribution in [0.5, 0.6) is 0 Å². The highest BCUT2D eigenvalue weighted by Gasteiger charge is 2.13. The van der Waals surface area contributed by atoms with Gasteiger partial charge in [0.1, 0.15) is 5.58 Å². The van der Waals surface area contributed by atoms with E-state index < -0.39 is 0 Å². The van der Waals surface area contributed by atoms with Crippen molar-refractivity contribution in [2.45, 2.75) is 6.61 Å². The molecule has 0 aliphatic carbocycles. The van der Waals surface area contributed by atoms with Gasteiger partial charge in [-0.3, -0.25) is 4.79 Å². The number of aliphatic hydroxyl groups excluding tert-OH is 1. The summed E-state index contributed by atoms with van der Waals surface area (Å²) in [5.41, 5.74) is 1.92. The molecule has 0 radical (unpaired) electrons. The maximum atomic E-state index is 12.2. The molecule has 0 saturated carbocycles. The average molecular weight is 267 g/mol. The summed E-state index contributed by atoms with van der Waals surface area (Å²) in [7, 11) is 0. The van der Waals surface area contributed by atoms with E-state index in [9.17, 15) is 9.90 Å². The largest absolute Gasteiger partial charge is 0.451 e. The number of para-hydroxylation sites is 2. The SMILES string of the molecule is O=C(Nc1ccccc1CO)c1cc2ccccc2o1. The highest BCUT2D eigenvalue weighted by Crippen LogP contribution is 2.21. The number of nitrogens with one attached hydrogen (secondary N) is 1. The lowest BCUT2D eigenvalue weighted by Gasteiger charge is -2.07. The molecule has 1 amide bonds. The first-order valence-corrected chi connectivity index (χ1v) is 6.26. The van der Waals surface area contributed by atoms with Crippen LogP contribution in [0.2, 0.25) is 0 Å². The maximum Gasteiger partial charge on any atom is 0.291 e. The number of amides is 1. The van der Waals surface area contributed by atoms with Crippen molar-refractivity contribution in [3.8, 4) is 0 Å². The van der Waals surface area contributed by atoms with Crippen LogP contribution in [0.4, 0.5) is 5.69 Å². The molecule has 0 aliphatic heterocycles. The fourth-order valence-electron chi connectivity index (χ4n) is 2.06. The summed E-state index contributed by atoms with van der Waals surface area (Å²) in [6.45, 7) is -0.128. The molecule has 20 heavy (non-hydrogen) atoms. The van der Waals surface area contributed by atoms with Crippen molar-refractivity contribution in [3.63, 3.8) is 0 Å². The zero-order valence-corrected chi connectivity index (χ0v) is 10.7. The molecule has 0 fully saturated rings. The summed E-state index contributed by atoms with van der Waals surface area (Å²) < 4.78 is 5.50. The van der Waals surface area contributed by atoms with E-state index in [4.69, 9.17) is 4.42 Å². The molecule has 0 bridgehead atoms. The Morgan fingerprint density at radius 2 is 1.85 bits per heavy atom. The molecule has 3 aromatic rings. The predicted octanol–water partition coefficient (Wildman–Crippen LogP) is 3.18. The molecule has 4 heteroatoms. The van der Waals surface area contributed by atoms with Crippen molar-refractivity contribution in [2.75, 3.05) is 5.32 Å². The van der Waals surface area contributed by atoms with Crippen LogP contribution in [-0.4, -0.2) is 11.0 Å². The molecule has 4 nitrogen and oxygen atoms in total. The standard InChI is InChI=1S/C16H13NO3/c18-10-12-6-1-3-7-13(12)17-16(19)15-9-11-5-2-4-8-14(11)20-15/h1-9,18H,10H2,(H,17,19). The first kappa shape index (κ1) is 12.4. The number of hydrogen-bond acceptors (Lipinski definition) is 3. The fourth-order valence-corrected chi connectivity index (χ4v) is 2.06. The lowest BCUT2D eigenvalue weighted by atomic mass is 10.2. The molecular weight excluding hydrogens is 254 g/mol. The number of carbonyl (C=O) groups is 1. The van der Waals surface area contributed by atoms with Crippen LogP contribution >= 0.6 is 0 Å². The minimum absolute atomic E-state index is 0.128. The molecule has 1 heterocycles. The van der Waals surface area contributed by atoms with Crippen molar-refractivity contribution in [2.24, 2.45) is 0 Å². The molecule has 0 atom stereocenters. The molecule has 2 N–H and O–H groups in total. The molecule has 0 aliphatic rings. The van der Waals surface area contributed by atoms with Crippen LogP contribution in [-0.2, 0) is 6.61 Å². The second-order valence-corrected chi connectivity index (χ2v) is 4.42. The summed E-state index contributed by atoms with van der Waals surface area (Å²) in [4.78, 5) is 12.2. The predicted molar refractivity (Wildman–Crippen MR) is 76.5 cm³/mol. The van der Waals surface area contributed by atoms with Gasteiger partial charge < -0.3 is 14.8 Å². The van der Waals surface area contributed by atoms with Crippen LogP contribution in [0, 0.1) is 0 Å². The third kappa shape index (κ3) is 2.29. The van der Waals surface area contributed by atoms with Gasteiger partial charge >= 0.3 is 0 Å². The number of carbonyl (C=O) groups excluding carboxylic acids is 1. The Morgan fingerprint density at radius 1 is 1.10 bits per heavy atom. The van der Waals surface area contributed by atoms with Crippen molar-refractivity contribution < 1.29 is 14.3 Å². The highest BCUT2D eigenvalue weighted by molar-refractivity contribution is 6.04. The molecule has 0 spiro atoms. The van der Waals surface area contributed by atoms with Gasteiger partial charge in [-0.15, -0.1) is 0 Å². The molecule has 1 aromatic heterocycles. The first-order valence-electron chi connectivity index (χ1n) is 6.26. The fraction of sp³-hybridized carbons (Fsp3) is 0.0625. The summed E-state index contributed by atoms with van der Waals surface area (Å²) in [5.74, 6) is -0.0824. The molecular formula is C16H13NO3. The van der Waals surface area contributed by atoms with E-state index in [-0.39, 0.29) is 18.3 Å². The molecule has 0 unspecified atom stereocenters. The smallest absolute Gasteiger partial charge is 0.291 e. The van der Waals surface area contributed by atoms with Crippen LogP contribution in [0.1, 0.15) is 16.1 Å². The van der Waals surface area contributed by atoms with Crippen LogP contribution in [0.15, 0.2) is 59.0 Å². The highest BCUT2D eigenvalue weighted by atomic mass is 16.3. The Bertz CT molecular complexity index is 728. The Kier molecular flexibility index (Phi) is 3.23. The zero-order chi connectivity index (χ0) is 13.9. The third-order valence-corrected chi connectivity index (χ3v) is 3.09. The van der Waals surface area contributed by atoms with E-state index in [2.05, 4.69) is 5.32 Å². The summed E-state index contributed by atoms with van der Waals surface area (Å²) in [5, 5.41) is 12.9. The second kappa shape index (κ2) is 5.19. The first-order chi connectivity index (χ1) is 9.78. The van der Waals surface area contributed by atoms with Gasteiger partial charge in [0.05, 0.1) is 6.61 Å². The number of benzene rings is 2. The number of hydrogen-bond donors (Lipinski definition) is 2. The van der Waals surface area contributed by atoms with Crippen molar-refractivity contribution in [1.29, 1.82) is 0 Å². The number of anilines is 1. The zero-order valence-electron chi connectivity index (χ0n) is 10.7. The molecule has 2 aromatic carbocycles. The summed E-state index contributed by atoms with van der Waals surface area (Å²) in [6.07, 6.45) is 0. The number of rotatable bonds is 3. The van der Waals surface area contributed by atoms with Crippen molar-refractivity contribution in [3.05, 3.63) is 65.9 Å². The Balaban J connectivity index is 1.89. The average Bonchev–Trinajstić information content (AvgIpc) is 2.92. The van der Waals surface area contributed by atoms with Crippen LogP contribution in [0.3, 0.4) is 0 Å². The number of furan rings is 1. The van der Waals surface area contributed by atoms with Crippen LogP contribution in [0.25, 0.3) is 11.0 Å². The normalized spacial score (nSPS) is 10.7. The van der Waals surface area contributed by atoms with Gasteiger partial charge in [0, 0.05) is 16.6 Å². The van der Waals surface area contributed by atoms with E-state index in [1.807, 2.05) is 30.3 Å². The monoisotopic (exact) mass is 267 g/mol. The summed E-state index contributed by atoms with van der Waals surface area (Å²) in [6, 6.07) is 16.3. The van der Waals surface area contributed by atoms with Crippen molar-refractivity contribution >= 4 is 22.6 Å². The summed E-state index contributed by atoms with van der Waals surface area (Å²) >= 11 is 0. The third-order valence-electron chi connectivity index (χ3n) is 3.09. The second-order valence-electron chi connectivity index (χ2n) is 4.42. The number of aliphatic hydroxyl groups is 1. The quantitative estimate of drug-likeness (QED) is 0.766. The van der Waals surface area contributed by atoms with E-state index in [1.54, 1.807) is 24.3 Å².